The Bertz CT molecular complexity index is 890. The van der Waals surface area contributed by atoms with Crippen molar-refractivity contribution in [3.63, 3.8) is 0 Å². The molecule has 25 heavy (non-hydrogen) atoms. The molecule has 0 amide bonds. The van der Waals surface area contributed by atoms with Crippen LogP contribution in [-0.4, -0.2) is 32.1 Å². The predicted octanol–water partition coefficient (Wildman–Crippen LogP) is 1.90. The standard InChI is InChI=1S/C18H19NO5S/c1-12-2-6-17(7-3-12)25(22,23)19-15-8-13-4-5-16(10-14(13)9-15)24-11-18(20)21/h2-7,10,15,19H,8-9,11H2,1H3,(H,20,21). The normalized spacial score (nSPS) is 16.4. The van der Waals surface area contributed by atoms with Gasteiger partial charge in [-0.05, 0) is 55.2 Å². The van der Waals surface area contributed by atoms with Crippen molar-refractivity contribution in [1.82, 2.24) is 4.72 Å². The minimum Gasteiger partial charge on any atom is -0.482 e. The second-order valence-corrected chi connectivity index (χ2v) is 7.87. The van der Waals surface area contributed by atoms with E-state index in [1.54, 1.807) is 36.4 Å². The lowest BCUT2D eigenvalue weighted by Gasteiger charge is -2.12. The third kappa shape index (κ3) is 4.18. The van der Waals surface area contributed by atoms with Crippen molar-refractivity contribution in [3.05, 3.63) is 59.2 Å². The van der Waals surface area contributed by atoms with Gasteiger partial charge in [0.2, 0.25) is 10.0 Å². The van der Waals surface area contributed by atoms with Crippen molar-refractivity contribution in [2.24, 2.45) is 0 Å². The Morgan fingerprint density at radius 3 is 2.52 bits per heavy atom. The number of nitrogens with one attached hydrogen (secondary N) is 1. The number of carbonyl (C=O) groups is 1. The summed E-state index contributed by atoms with van der Waals surface area (Å²) in [6.07, 6.45) is 1.14. The van der Waals surface area contributed by atoms with E-state index in [-0.39, 0.29) is 10.9 Å². The number of sulfonamides is 1. The van der Waals surface area contributed by atoms with Crippen LogP contribution in [0.15, 0.2) is 47.4 Å². The van der Waals surface area contributed by atoms with Crippen molar-refractivity contribution < 1.29 is 23.1 Å². The van der Waals surface area contributed by atoms with Gasteiger partial charge in [-0.3, -0.25) is 0 Å². The van der Waals surface area contributed by atoms with E-state index in [9.17, 15) is 13.2 Å². The van der Waals surface area contributed by atoms with Crippen LogP contribution in [0, 0.1) is 6.92 Å². The van der Waals surface area contributed by atoms with Gasteiger partial charge in [-0.1, -0.05) is 23.8 Å². The first-order chi connectivity index (χ1) is 11.8. The zero-order chi connectivity index (χ0) is 18.0. The molecule has 0 fully saturated rings. The maximum Gasteiger partial charge on any atom is 0.341 e. The first-order valence-corrected chi connectivity index (χ1v) is 9.37. The molecule has 0 aliphatic heterocycles. The zero-order valence-corrected chi connectivity index (χ0v) is 14.5. The van der Waals surface area contributed by atoms with Crippen LogP contribution >= 0.6 is 0 Å². The van der Waals surface area contributed by atoms with Gasteiger partial charge in [-0.15, -0.1) is 0 Å². The molecule has 2 aromatic rings. The summed E-state index contributed by atoms with van der Waals surface area (Å²) in [6, 6.07) is 11.8. The number of benzene rings is 2. The van der Waals surface area contributed by atoms with Crippen LogP contribution in [0.2, 0.25) is 0 Å². The summed E-state index contributed by atoms with van der Waals surface area (Å²) in [6.45, 7) is 1.50. The van der Waals surface area contributed by atoms with Crippen molar-refractivity contribution in [2.45, 2.75) is 30.7 Å². The lowest BCUT2D eigenvalue weighted by Crippen LogP contribution is -2.35. The average Bonchev–Trinajstić information content (AvgIpc) is 2.93. The van der Waals surface area contributed by atoms with Gasteiger partial charge in [0.25, 0.3) is 0 Å². The van der Waals surface area contributed by atoms with Gasteiger partial charge in [0, 0.05) is 6.04 Å². The topological polar surface area (TPSA) is 92.7 Å². The molecule has 0 saturated heterocycles. The van der Waals surface area contributed by atoms with Crippen molar-refractivity contribution in [2.75, 3.05) is 6.61 Å². The Kier molecular flexibility index (Phi) is 4.78. The summed E-state index contributed by atoms with van der Waals surface area (Å²) >= 11 is 0. The highest BCUT2D eigenvalue weighted by Crippen LogP contribution is 2.27. The van der Waals surface area contributed by atoms with E-state index < -0.39 is 22.6 Å². The van der Waals surface area contributed by atoms with Crippen LogP contribution in [0.25, 0.3) is 0 Å². The van der Waals surface area contributed by atoms with Gasteiger partial charge >= 0.3 is 5.97 Å². The second kappa shape index (κ2) is 6.85. The molecule has 0 radical (unpaired) electrons. The lowest BCUT2D eigenvalue weighted by molar-refractivity contribution is -0.139. The SMILES string of the molecule is Cc1ccc(S(=O)(=O)NC2Cc3ccc(OCC(=O)O)cc3C2)cc1. The number of fused-ring (bicyclic) bond motifs is 1. The third-order valence-corrected chi connectivity index (χ3v) is 5.66. The van der Waals surface area contributed by atoms with Crippen LogP contribution in [0.1, 0.15) is 16.7 Å². The molecule has 1 unspecified atom stereocenters. The molecule has 7 heteroatoms. The number of rotatable bonds is 6. The molecule has 0 spiro atoms. The molecule has 3 rings (SSSR count). The highest BCUT2D eigenvalue weighted by Gasteiger charge is 2.26. The zero-order valence-electron chi connectivity index (χ0n) is 13.7. The van der Waals surface area contributed by atoms with E-state index >= 15 is 0 Å². The Balaban J connectivity index is 1.69. The lowest BCUT2D eigenvalue weighted by atomic mass is 10.1. The smallest absolute Gasteiger partial charge is 0.341 e. The number of aryl methyl sites for hydroxylation is 1. The average molecular weight is 361 g/mol. The quantitative estimate of drug-likeness (QED) is 0.820. The maximum atomic E-state index is 12.5. The molecule has 0 bridgehead atoms. The van der Waals surface area contributed by atoms with E-state index in [1.165, 1.54) is 0 Å². The summed E-state index contributed by atoms with van der Waals surface area (Å²) in [4.78, 5) is 10.8. The Morgan fingerprint density at radius 1 is 1.16 bits per heavy atom. The van der Waals surface area contributed by atoms with Gasteiger partial charge in [-0.25, -0.2) is 17.9 Å². The molecule has 2 N–H and O–H groups in total. The Hall–Kier alpha value is -2.38. The van der Waals surface area contributed by atoms with Crippen LogP contribution in [0.5, 0.6) is 5.75 Å². The van der Waals surface area contributed by atoms with E-state index in [0.29, 0.717) is 18.6 Å². The largest absolute Gasteiger partial charge is 0.482 e. The highest BCUT2D eigenvalue weighted by molar-refractivity contribution is 7.89. The van der Waals surface area contributed by atoms with Crippen molar-refractivity contribution in [1.29, 1.82) is 0 Å². The van der Waals surface area contributed by atoms with Crippen LogP contribution < -0.4 is 9.46 Å². The first-order valence-electron chi connectivity index (χ1n) is 7.89. The predicted molar refractivity (Wildman–Crippen MR) is 92.3 cm³/mol. The van der Waals surface area contributed by atoms with Crippen LogP contribution in [0.4, 0.5) is 0 Å². The van der Waals surface area contributed by atoms with Crippen molar-refractivity contribution in [3.8, 4) is 5.75 Å². The van der Waals surface area contributed by atoms with E-state index in [4.69, 9.17) is 9.84 Å². The van der Waals surface area contributed by atoms with E-state index in [0.717, 1.165) is 16.7 Å². The van der Waals surface area contributed by atoms with Gasteiger partial charge in [0.1, 0.15) is 5.75 Å². The van der Waals surface area contributed by atoms with Crippen LogP contribution in [-0.2, 0) is 27.7 Å². The molecule has 1 aliphatic rings. The minimum absolute atomic E-state index is 0.226. The number of hydrogen-bond donors (Lipinski definition) is 2. The molecular weight excluding hydrogens is 342 g/mol. The summed E-state index contributed by atoms with van der Waals surface area (Å²) < 4.78 is 32.9. The third-order valence-electron chi connectivity index (χ3n) is 4.13. The Morgan fingerprint density at radius 2 is 1.84 bits per heavy atom. The molecule has 0 aromatic heterocycles. The molecule has 0 heterocycles. The monoisotopic (exact) mass is 361 g/mol. The summed E-state index contributed by atoms with van der Waals surface area (Å²) in [7, 11) is -3.57. The molecule has 1 atom stereocenters. The van der Waals surface area contributed by atoms with E-state index in [1.807, 2.05) is 13.0 Å². The van der Waals surface area contributed by atoms with Crippen LogP contribution in [0.3, 0.4) is 0 Å². The highest BCUT2D eigenvalue weighted by atomic mass is 32.2. The molecule has 2 aromatic carbocycles. The van der Waals surface area contributed by atoms with E-state index in [2.05, 4.69) is 4.72 Å². The fraction of sp³-hybridized carbons (Fsp3) is 0.278. The van der Waals surface area contributed by atoms with Gasteiger partial charge in [-0.2, -0.15) is 0 Å². The second-order valence-electron chi connectivity index (χ2n) is 6.15. The summed E-state index contributed by atoms with van der Waals surface area (Å²) in [5.41, 5.74) is 3.01. The number of carboxylic acids is 1. The molecular formula is C18H19NO5S. The molecule has 1 aliphatic carbocycles. The van der Waals surface area contributed by atoms with Crippen molar-refractivity contribution >= 4 is 16.0 Å². The number of ether oxygens (including phenoxy) is 1. The fourth-order valence-corrected chi connectivity index (χ4v) is 4.15. The summed E-state index contributed by atoms with van der Waals surface area (Å²) in [5, 5.41) is 8.66. The first kappa shape index (κ1) is 17.4. The number of carboxylic acid groups (broad SMARTS) is 1. The fourth-order valence-electron chi connectivity index (χ4n) is 2.92. The molecule has 0 saturated carbocycles. The minimum atomic E-state index is -3.57. The van der Waals surface area contributed by atoms with Gasteiger partial charge in [0.15, 0.2) is 6.61 Å². The van der Waals surface area contributed by atoms with Gasteiger partial charge < -0.3 is 9.84 Å². The van der Waals surface area contributed by atoms with Gasteiger partial charge in [0.05, 0.1) is 4.90 Å². The maximum absolute atomic E-state index is 12.5. The molecule has 6 nitrogen and oxygen atoms in total. The number of aliphatic carboxylic acids is 1. The number of hydrogen-bond acceptors (Lipinski definition) is 4. The molecule has 132 valence electrons. The summed E-state index contributed by atoms with van der Waals surface area (Å²) in [5.74, 6) is -0.563. The Labute approximate surface area is 146 Å².